The van der Waals surface area contributed by atoms with Gasteiger partial charge in [-0.1, -0.05) is 36.9 Å². The number of nitrogens with zero attached hydrogens (tertiary/aromatic N) is 2. The molecule has 0 radical (unpaired) electrons. The van der Waals surface area contributed by atoms with Crippen LogP contribution in [0.15, 0.2) is 78.4 Å². The molecule has 1 unspecified atom stereocenters. The van der Waals surface area contributed by atoms with E-state index >= 15 is 0 Å². The summed E-state index contributed by atoms with van der Waals surface area (Å²) in [5.74, 6) is -1.38. The number of nitriles is 1. The summed E-state index contributed by atoms with van der Waals surface area (Å²) in [7, 11) is 0. The molecule has 0 bridgehead atoms. The van der Waals surface area contributed by atoms with Crippen molar-refractivity contribution in [1.82, 2.24) is 4.57 Å². The molecule has 1 heterocycles. The van der Waals surface area contributed by atoms with Gasteiger partial charge in [-0.3, -0.25) is 0 Å². The molecule has 1 aromatic carbocycles. The summed E-state index contributed by atoms with van der Waals surface area (Å²) >= 11 is 0. The largest absolute Gasteiger partial charge is 0.462 e. The van der Waals surface area contributed by atoms with Gasteiger partial charge < -0.3 is 9.30 Å². The molecule has 1 atom stereocenters. The van der Waals surface area contributed by atoms with Crippen LogP contribution in [0.25, 0.3) is 11.1 Å². The highest BCUT2D eigenvalue weighted by molar-refractivity contribution is 5.93. The SMILES string of the molecule is C=C1C=C(F)C(C(=O)OCC)=CC1n1cc(C#N)c(-c2ccccc2)c1. The minimum Gasteiger partial charge on any atom is -0.462 e. The first-order chi connectivity index (χ1) is 12.5. The van der Waals surface area contributed by atoms with Gasteiger partial charge in [-0.25, -0.2) is 9.18 Å². The summed E-state index contributed by atoms with van der Waals surface area (Å²) < 4.78 is 20.8. The Morgan fingerprint density at radius 3 is 2.73 bits per heavy atom. The molecule has 0 aliphatic heterocycles. The first kappa shape index (κ1) is 17.4. The molecular weight excluding hydrogens is 331 g/mol. The van der Waals surface area contributed by atoms with E-state index in [1.54, 1.807) is 23.9 Å². The summed E-state index contributed by atoms with van der Waals surface area (Å²) in [6.45, 7) is 5.71. The number of hydrogen-bond acceptors (Lipinski definition) is 3. The fraction of sp³-hybridized carbons (Fsp3) is 0.143. The van der Waals surface area contributed by atoms with Crippen LogP contribution >= 0.6 is 0 Å². The third-order valence-electron chi connectivity index (χ3n) is 4.14. The maximum atomic E-state index is 14.1. The number of allylic oxidation sites excluding steroid dienone is 3. The van der Waals surface area contributed by atoms with Crippen molar-refractivity contribution < 1.29 is 13.9 Å². The topological polar surface area (TPSA) is 55.0 Å². The van der Waals surface area contributed by atoms with Crippen molar-refractivity contribution in [2.24, 2.45) is 0 Å². The Bertz CT molecular complexity index is 962. The van der Waals surface area contributed by atoms with Gasteiger partial charge in [-0.2, -0.15) is 5.26 Å². The molecule has 0 spiro atoms. The molecule has 0 saturated carbocycles. The van der Waals surface area contributed by atoms with Crippen LogP contribution < -0.4 is 0 Å². The smallest absolute Gasteiger partial charge is 0.340 e. The van der Waals surface area contributed by atoms with Crippen LogP contribution in [0.5, 0.6) is 0 Å². The lowest BCUT2D eigenvalue weighted by Crippen LogP contribution is -2.16. The van der Waals surface area contributed by atoms with Crippen LogP contribution in [0.4, 0.5) is 4.39 Å². The van der Waals surface area contributed by atoms with Gasteiger partial charge in [-0.15, -0.1) is 0 Å². The summed E-state index contributed by atoms with van der Waals surface area (Å²) in [5.41, 5.74) is 2.51. The molecule has 5 heteroatoms. The zero-order valence-corrected chi connectivity index (χ0v) is 14.3. The molecule has 3 rings (SSSR count). The lowest BCUT2D eigenvalue weighted by Gasteiger charge is -2.21. The van der Waals surface area contributed by atoms with Crippen molar-refractivity contribution >= 4 is 5.97 Å². The van der Waals surface area contributed by atoms with Crippen LogP contribution in [0.2, 0.25) is 0 Å². The van der Waals surface area contributed by atoms with E-state index in [9.17, 15) is 14.4 Å². The van der Waals surface area contributed by atoms with Crippen LogP contribution in [0, 0.1) is 11.3 Å². The number of hydrogen-bond donors (Lipinski definition) is 0. The first-order valence-corrected chi connectivity index (χ1v) is 8.17. The van der Waals surface area contributed by atoms with E-state index in [4.69, 9.17) is 4.74 Å². The Morgan fingerprint density at radius 1 is 1.35 bits per heavy atom. The second kappa shape index (κ2) is 7.24. The molecular formula is C21H17FN2O2. The second-order valence-corrected chi connectivity index (χ2v) is 5.82. The van der Waals surface area contributed by atoms with Gasteiger partial charge in [0.05, 0.1) is 23.8 Å². The number of esters is 1. The fourth-order valence-corrected chi connectivity index (χ4v) is 2.89. The fourth-order valence-electron chi connectivity index (χ4n) is 2.89. The summed E-state index contributed by atoms with van der Waals surface area (Å²) in [6.07, 6.45) is 6.19. The molecule has 130 valence electrons. The van der Waals surface area contributed by atoms with Crippen LogP contribution in [-0.4, -0.2) is 17.1 Å². The lowest BCUT2D eigenvalue weighted by molar-refractivity contribution is -0.138. The molecule has 1 aliphatic carbocycles. The normalized spacial score (nSPS) is 16.5. The van der Waals surface area contributed by atoms with Gasteiger partial charge in [0.25, 0.3) is 0 Å². The van der Waals surface area contributed by atoms with Crippen LogP contribution in [-0.2, 0) is 9.53 Å². The number of carbonyl (C=O) groups excluding carboxylic acids is 1. The number of ether oxygens (including phenoxy) is 1. The molecule has 0 fully saturated rings. The first-order valence-electron chi connectivity index (χ1n) is 8.17. The van der Waals surface area contributed by atoms with Crippen molar-refractivity contribution in [3.05, 3.63) is 84.0 Å². The molecule has 1 aliphatic rings. The average Bonchev–Trinajstić information content (AvgIpc) is 3.07. The van der Waals surface area contributed by atoms with E-state index in [1.807, 2.05) is 30.3 Å². The predicted molar refractivity (Wildman–Crippen MR) is 96.7 cm³/mol. The van der Waals surface area contributed by atoms with E-state index in [-0.39, 0.29) is 12.2 Å². The Kier molecular flexibility index (Phi) is 4.85. The number of carbonyl (C=O) groups is 1. The van der Waals surface area contributed by atoms with Crippen molar-refractivity contribution in [1.29, 1.82) is 5.26 Å². The van der Waals surface area contributed by atoms with Crippen LogP contribution in [0.1, 0.15) is 18.5 Å². The molecule has 0 amide bonds. The van der Waals surface area contributed by atoms with Gasteiger partial charge in [0.2, 0.25) is 0 Å². The third kappa shape index (κ3) is 3.22. The molecule has 1 aromatic heterocycles. The second-order valence-electron chi connectivity index (χ2n) is 5.82. The maximum absolute atomic E-state index is 14.1. The molecule has 2 aromatic rings. The number of benzene rings is 1. The quantitative estimate of drug-likeness (QED) is 0.766. The lowest BCUT2D eigenvalue weighted by atomic mass is 9.97. The van der Waals surface area contributed by atoms with E-state index in [0.29, 0.717) is 11.1 Å². The molecule has 4 nitrogen and oxygen atoms in total. The van der Waals surface area contributed by atoms with Gasteiger partial charge in [0.15, 0.2) is 0 Å². The zero-order valence-electron chi connectivity index (χ0n) is 14.3. The highest BCUT2D eigenvalue weighted by Gasteiger charge is 2.26. The Balaban J connectivity index is 2.03. The summed E-state index contributed by atoms with van der Waals surface area (Å²) in [6, 6.07) is 11.2. The number of rotatable bonds is 4. The Morgan fingerprint density at radius 2 is 2.08 bits per heavy atom. The number of halogens is 1. The minimum atomic E-state index is -0.713. The highest BCUT2D eigenvalue weighted by Crippen LogP contribution is 2.34. The van der Waals surface area contributed by atoms with Crippen LogP contribution in [0.3, 0.4) is 0 Å². The number of aromatic nitrogens is 1. The van der Waals surface area contributed by atoms with E-state index < -0.39 is 17.8 Å². The van der Waals surface area contributed by atoms with Gasteiger partial charge in [0.1, 0.15) is 11.9 Å². The van der Waals surface area contributed by atoms with Gasteiger partial charge >= 0.3 is 5.97 Å². The highest BCUT2D eigenvalue weighted by atomic mass is 19.1. The standard InChI is InChI=1S/C21H17FN2O2/c1-3-26-21(25)17-10-20(14(2)9-19(17)22)24-12-16(11-23)18(13-24)15-7-5-4-6-8-15/h4-10,12-13,20H,2-3H2,1H3. The molecule has 0 saturated heterocycles. The molecule has 0 N–H and O–H groups in total. The summed E-state index contributed by atoms with van der Waals surface area (Å²) in [4.78, 5) is 12.0. The minimum absolute atomic E-state index is 0.127. The van der Waals surface area contributed by atoms with Gasteiger partial charge in [-0.05, 0) is 30.2 Å². The third-order valence-corrected chi connectivity index (χ3v) is 4.14. The Hall–Kier alpha value is -3.39. The van der Waals surface area contributed by atoms with Crippen molar-refractivity contribution in [3.8, 4) is 17.2 Å². The van der Waals surface area contributed by atoms with E-state index in [2.05, 4.69) is 12.6 Å². The Labute approximate surface area is 151 Å². The van der Waals surface area contributed by atoms with Crippen molar-refractivity contribution in [2.45, 2.75) is 13.0 Å². The zero-order chi connectivity index (χ0) is 18.7. The van der Waals surface area contributed by atoms with E-state index in [1.165, 1.54) is 12.2 Å². The van der Waals surface area contributed by atoms with Gasteiger partial charge in [0, 0.05) is 18.0 Å². The predicted octanol–water partition coefficient (Wildman–Crippen LogP) is 4.48. The molecule has 26 heavy (non-hydrogen) atoms. The average molecular weight is 348 g/mol. The monoisotopic (exact) mass is 348 g/mol. The summed E-state index contributed by atoms with van der Waals surface area (Å²) in [5, 5.41) is 9.46. The van der Waals surface area contributed by atoms with Crippen molar-refractivity contribution in [3.63, 3.8) is 0 Å². The van der Waals surface area contributed by atoms with Crippen molar-refractivity contribution in [2.75, 3.05) is 6.61 Å². The maximum Gasteiger partial charge on any atom is 0.340 e. The van der Waals surface area contributed by atoms with E-state index in [0.717, 1.165) is 11.1 Å².